The summed E-state index contributed by atoms with van der Waals surface area (Å²) in [5, 5.41) is 13.6. The van der Waals surface area contributed by atoms with Crippen LogP contribution in [0.1, 0.15) is 22.6 Å². The summed E-state index contributed by atoms with van der Waals surface area (Å²) in [5.41, 5.74) is 3.44. The number of rotatable bonds is 1. The summed E-state index contributed by atoms with van der Waals surface area (Å²) < 4.78 is 1.55. The van der Waals surface area contributed by atoms with Crippen molar-refractivity contribution in [3.8, 4) is 5.82 Å². The van der Waals surface area contributed by atoms with Crippen LogP contribution in [0, 0.1) is 37.8 Å². The van der Waals surface area contributed by atoms with Gasteiger partial charge in [-0.1, -0.05) is 6.07 Å². The van der Waals surface area contributed by atoms with Gasteiger partial charge in [0.1, 0.15) is 0 Å². The van der Waals surface area contributed by atoms with E-state index in [1.807, 2.05) is 27.7 Å². The Hall–Kier alpha value is -2.77. The second kappa shape index (κ2) is 6.60. The zero-order valence-corrected chi connectivity index (χ0v) is 12.2. The molecule has 0 aromatic carbocycles. The smallest absolute Gasteiger partial charge is 0.291 e. The van der Waals surface area contributed by atoms with E-state index < -0.39 is 5.09 Å². The van der Waals surface area contributed by atoms with Gasteiger partial charge in [0.05, 0.1) is 17.1 Å². The molecule has 2 aromatic rings. The van der Waals surface area contributed by atoms with Crippen LogP contribution in [-0.2, 0) is 0 Å². The van der Waals surface area contributed by atoms with Crippen molar-refractivity contribution >= 4 is 0 Å². The first-order chi connectivity index (χ1) is 9.72. The summed E-state index contributed by atoms with van der Waals surface area (Å²) >= 11 is 0. The number of pyridine rings is 1. The van der Waals surface area contributed by atoms with Gasteiger partial charge in [-0.2, -0.15) is 0 Å². The number of aromatic nitrogens is 3. The van der Waals surface area contributed by atoms with E-state index in [1.165, 1.54) is 0 Å². The lowest BCUT2D eigenvalue weighted by atomic mass is 10.3. The Balaban J connectivity index is 0.000000491. The van der Waals surface area contributed by atoms with Gasteiger partial charge in [-0.25, -0.2) is 4.98 Å². The fraction of sp³-hybridized carbons (Fsp3) is 0.308. The molecule has 0 unspecified atom stereocenters. The maximum absolute atomic E-state index is 11.8. The van der Waals surface area contributed by atoms with Crippen LogP contribution in [0.4, 0.5) is 0 Å². The van der Waals surface area contributed by atoms with Crippen molar-refractivity contribution in [2.45, 2.75) is 27.7 Å². The molecule has 0 amide bonds. The van der Waals surface area contributed by atoms with Gasteiger partial charge in [-0.15, -0.1) is 10.1 Å². The molecule has 8 nitrogen and oxygen atoms in total. The molecule has 21 heavy (non-hydrogen) atoms. The molecule has 0 aliphatic carbocycles. The van der Waals surface area contributed by atoms with Crippen molar-refractivity contribution < 1.29 is 10.3 Å². The van der Waals surface area contributed by atoms with E-state index in [0.717, 1.165) is 22.6 Å². The fourth-order valence-electron chi connectivity index (χ4n) is 1.69. The van der Waals surface area contributed by atoms with Crippen LogP contribution in [0.3, 0.4) is 0 Å². The molecule has 0 aliphatic heterocycles. The van der Waals surface area contributed by atoms with E-state index in [1.54, 1.807) is 22.9 Å². The molecule has 0 saturated heterocycles. The summed E-state index contributed by atoms with van der Waals surface area (Å²) in [6, 6.07) is 3.34. The van der Waals surface area contributed by atoms with E-state index in [9.17, 15) is 4.79 Å². The Kier molecular flexibility index (Phi) is 5.12. The van der Waals surface area contributed by atoms with Crippen molar-refractivity contribution in [2.75, 3.05) is 0 Å². The maximum Gasteiger partial charge on any atom is 0.291 e. The third kappa shape index (κ3) is 4.37. The lowest BCUT2D eigenvalue weighted by Gasteiger charge is -2.10. The second-order valence-corrected chi connectivity index (χ2v) is 4.46. The Morgan fingerprint density at radius 3 is 2.19 bits per heavy atom. The van der Waals surface area contributed by atoms with Crippen LogP contribution in [0.5, 0.6) is 0 Å². The van der Waals surface area contributed by atoms with Crippen LogP contribution < -0.4 is 5.56 Å². The van der Waals surface area contributed by atoms with Crippen LogP contribution in [0.15, 0.2) is 23.1 Å². The molecule has 0 saturated carbocycles. The first-order valence-electron chi connectivity index (χ1n) is 6.07. The fourth-order valence-corrected chi connectivity index (χ4v) is 1.69. The summed E-state index contributed by atoms with van der Waals surface area (Å²) in [6.45, 7) is 7.62. The van der Waals surface area contributed by atoms with Crippen molar-refractivity contribution in [3.63, 3.8) is 0 Å². The van der Waals surface area contributed by atoms with E-state index in [0.29, 0.717) is 5.82 Å². The molecule has 1 N–H and O–H groups in total. The maximum atomic E-state index is 11.8. The predicted octanol–water partition coefficient (Wildman–Crippen LogP) is 1.51. The highest BCUT2D eigenvalue weighted by Gasteiger charge is 2.08. The molecule has 8 heteroatoms. The minimum Gasteiger partial charge on any atom is -0.328 e. The molecule has 2 rings (SSSR count). The zero-order valence-electron chi connectivity index (χ0n) is 12.2. The minimum atomic E-state index is -1.50. The van der Waals surface area contributed by atoms with E-state index in [2.05, 4.69) is 9.97 Å². The SMILES string of the molecule is Cc1ccc(=O)n(-c2nc(C)c(C)nc2C)c1.O=[N+]([O-])O. The van der Waals surface area contributed by atoms with Crippen LogP contribution >= 0.6 is 0 Å². The molecule has 0 atom stereocenters. The van der Waals surface area contributed by atoms with Crippen molar-refractivity contribution in [3.05, 3.63) is 61.4 Å². The summed E-state index contributed by atoms with van der Waals surface area (Å²) in [7, 11) is 0. The third-order valence-electron chi connectivity index (χ3n) is 2.74. The highest BCUT2D eigenvalue weighted by molar-refractivity contribution is 5.32. The molecule has 2 heterocycles. The van der Waals surface area contributed by atoms with Crippen molar-refractivity contribution in [1.82, 2.24) is 14.5 Å². The van der Waals surface area contributed by atoms with Gasteiger partial charge >= 0.3 is 0 Å². The van der Waals surface area contributed by atoms with Gasteiger partial charge in [0, 0.05) is 12.3 Å². The Morgan fingerprint density at radius 2 is 1.62 bits per heavy atom. The number of hydrogen-bond acceptors (Lipinski definition) is 5. The van der Waals surface area contributed by atoms with Crippen LogP contribution in [0.25, 0.3) is 5.82 Å². The van der Waals surface area contributed by atoms with Gasteiger partial charge in [0.15, 0.2) is 5.82 Å². The lowest BCUT2D eigenvalue weighted by molar-refractivity contribution is -0.742. The van der Waals surface area contributed by atoms with Gasteiger partial charge in [-0.05, 0) is 33.3 Å². The highest BCUT2D eigenvalue weighted by atomic mass is 16.9. The van der Waals surface area contributed by atoms with Crippen LogP contribution in [0.2, 0.25) is 0 Å². The zero-order chi connectivity index (χ0) is 16.2. The van der Waals surface area contributed by atoms with Gasteiger partial charge in [-0.3, -0.25) is 14.3 Å². The molecule has 0 fully saturated rings. The lowest BCUT2D eigenvalue weighted by Crippen LogP contribution is -2.20. The standard InChI is InChI=1S/C13H15N3O.HNO3/c1-8-5-6-12(17)16(7-8)13-11(4)14-9(2)10(3)15-13;2-1(3)4/h5-7H,1-4H3;(H,2,3,4). The molecule has 0 spiro atoms. The second-order valence-electron chi connectivity index (χ2n) is 4.46. The summed E-state index contributed by atoms with van der Waals surface area (Å²) in [5.74, 6) is 0.613. The number of aryl methyl sites for hydroxylation is 4. The van der Waals surface area contributed by atoms with Crippen molar-refractivity contribution in [2.24, 2.45) is 0 Å². The Morgan fingerprint density at radius 1 is 1.10 bits per heavy atom. The Labute approximate surface area is 120 Å². The van der Waals surface area contributed by atoms with E-state index >= 15 is 0 Å². The topological polar surface area (TPSA) is 111 Å². The third-order valence-corrected chi connectivity index (χ3v) is 2.74. The highest BCUT2D eigenvalue weighted by Crippen LogP contribution is 2.10. The molecule has 0 bridgehead atoms. The quantitative estimate of drug-likeness (QED) is 0.630. The van der Waals surface area contributed by atoms with E-state index in [-0.39, 0.29) is 5.56 Å². The summed E-state index contributed by atoms with van der Waals surface area (Å²) in [6.07, 6.45) is 1.79. The van der Waals surface area contributed by atoms with Gasteiger partial charge in [0.2, 0.25) is 0 Å². The Bertz CT molecular complexity index is 721. The first kappa shape index (κ1) is 16.3. The molecule has 0 radical (unpaired) electrons. The van der Waals surface area contributed by atoms with Gasteiger partial charge < -0.3 is 5.21 Å². The molecular weight excluding hydrogens is 276 g/mol. The van der Waals surface area contributed by atoms with Gasteiger partial charge in [0.25, 0.3) is 10.6 Å². The number of hydrogen-bond donors (Lipinski definition) is 1. The average molecular weight is 292 g/mol. The number of nitrogens with zero attached hydrogens (tertiary/aromatic N) is 4. The molecule has 112 valence electrons. The average Bonchev–Trinajstić information content (AvgIpc) is 2.36. The van der Waals surface area contributed by atoms with Crippen LogP contribution in [-0.4, -0.2) is 24.8 Å². The molecule has 2 aromatic heterocycles. The minimum absolute atomic E-state index is 0.0868. The molecule has 0 aliphatic rings. The normalized spacial score (nSPS) is 9.71. The monoisotopic (exact) mass is 292 g/mol. The predicted molar refractivity (Wildman–Crippen MR) is 75.4 cm³/mol. The van der Waals surface area contributed by atoms with Crippen molar-refractivity contribution in [1.29, 1.82) is 0 Å². The largest absolute Gasteiger partial charge is 0.328 e. The summed E-state index contributed by atoms with van der Waals surface area (Å²) in [4.78, 5) is 29.0. The molecular formula is C13H16N4O4. The van der Waals surface area contributed by atoms with E-state index in [4.69, 9.17) is 15.3 Å². The first-order valence-corrected chi connectivity index (χ1v) is 6.07.